The molecule has 0 aliphatic carbocycles. The monoisotopic (exact) mass is 253 g/mol. The van der Waals surface area contributed by atoms with E-state index in [2.05, 4.69) is 21.5 Å². The van der Waals surface area contributed by atoms with Crippen molar-refractivity contribution in [2.75, 3.05) is 0 Å². The van der Waals surface area contributed by atoms with E-state index in [0.29, 0.717) is 23.4 Å². The summed E-state index contributed by atoms with van der Waals surface area (Å²) in [6.07, 6.45) is 6.27. The molecule has 3 rings (SSSR count). The smallest absolute Gasteiger partial charge is 0.267 e. The first kappa shape index (κ1) is 11.3. The summed E-state index contributed by atoms with van der Waals surface area (Å²) in [5.41, 5.74) is 0.390. The first-order valence-corrected chi connectivity index (χ1v) is 5.77. The summed E-state index contributed by atoms with van der Waals surface area (Å²) in [4.78, 5) is 24.6. The van der Waals surface area contributed by atoms with Crippen LogP contribution in [0.2, 0.25) is 0 Å². The van der Waals surface area contributed by atoms with Gasteiger partial charge in [-0.05, 0) is 12.1 Å². The molecule has 94 valence electrons. The predicted octanol–water partition coefficient (Wildman–Crippen LogP) is 1.16. The van der Waals surface area contributed by atoms with Gasteiger partial charge in [0.15, 0.2) is 11.5 Å². The number of pyridine rings is 1. The van der Waals surface area contributed by atoms with Gasteiger partial charge in [-0.25, -0.2) is 24.3 Å². The number of fused-ring (bicyclic) bond motifs is 1. The van der Waals surface area contributed by atoms with Crippen molar-refractivity contribution in [3.05, 3.63) is 59.9 Å². The summed E-state index contributed by atoms with van der Waals surface area (Å²) < 4.78 is 3.22. The van der Waals surface area contributed by atoms with Crippen molar-refractivity contribution in [1.82, 2.24) is 24.3 Å². The second-order valence-electron chi connectivity index (χ2n) is 3.94. The highest BCUT2D eigenvalue weighted by Crippen LogP contribution is 2.12. The van der Waals surface area contributed by atoms with Crippen molar-refractivity contribution in [3.8, 4) is 5.82 Å². The average molecular weight is 253 g/mol. The molecule has 0 fully saturated rings. The van der Waals surface area contributed by atoms with Crippen molar-refractivity contribution in [3.63, 3.8) is 0 Å². The fourth-order valence-electron chi connectivity index (χ4n) is 1.99. The van der Waals surface area contributed by atoms with Crippen molar-refractivity contribution in [2.24, 2.45) is 0 Å². The van der Waals surface area contributed by atoms with Crippen LogP contribution in [0.5, 0.6) is 0 Å². The molecule has 0 spiro atoms. The Morgan fingerprint density at radius 2 is 2.21 bits per heavy atom. The summed E-state index contributed by atoms with van der Waals surface area (Å²) in [5.74, 6) is 0.634. The largest absolute Gasteiger partial charge is 0.278 e. The fourth-order valence-corrected chi connectivity index (χ4v) is 1.99. The van der Waals surface area contributed by atoms with Gasteiger partial charge >= 0.3 is 0 Å². The zero-order valence-corrected chi connectivity index (χ0v) is 10.1. The molecule has 0 atom stereocenters. The van der Waals surface area contributed by atoms with Crippen LogP contribution in [0.3, 0.4) is 0 Å². The van der Waals surface area contributed by atoms with Crippen LogP contribution in [0.25, 0.3) is 16.9 Å². The van der Waals surface area contributed by atoms with Crippen molar-refractivity contribution in [2.45, 2.75) is 6.54 Å². The molecule has 0 N–H and O–H groups in total. The van der Waals surface area contributed by atoms with E-state index in [0.717, 1.165) is 0 Å². The van der Waals surface area contributed by atoms with Crippen LogP contribution >= 0.6 is 0 Å². The molecule has 3 heterocycles. The molecular weight excluding hydrogens is 242 g/mol. The molecular formula is C13H11N5O. The van der Waals surface area contributed by atoms with Crippen molar-refractivity contribution < 1.29 is 0 Å². The Morgan fingerprint density at radius 3 is 2.95 bits per heavy atom. The van der Waals surface area contributed by atoms with Crippen LogP contribution in [0, 0.1) is 0 Å². The Bertz CT molecular complexity index is 788. The molecule has 0 saturated heterocycles. The Hall–Kier alpha value is -2.76. The minimum atomic E-state index is -0.152. The van der Waals surface area contributed by atoms with Gasteiger partial charge in [-0.3, -0.25) is 4.79 Å². The van der Waals surface area contributed by atoms with E-state index in [4.69, 9.17) is 0 Å². The normalized spacial score (nSPS) is 10.7. The van der Waals surface area contributed by atoms with Gasteiger partial charge in [0.25, 0.3) is 5.56 Å². The minimum Gasteiger partial charge on any atom is -0.267 e. The van der Waals surface area contributed by atoms with E-state index in [1.165, 1.54) is 17.2 Å². The van der Waals surface area contributed by atoms with Gasteiger partial charge in [0.2, 0.25) is 0 Å². The maximum Gasteiger partial charge on any atom is 0.278 e. The lowest BCUT2D eigenvalue weighted by molar-refractivity contribution is 0.597. The molecule has 19 heavy (non-hydrogen) atoms. The number of nitrogens with zero attached hydrogens (tertiary/aromatic N) is 5. The number of aromatic nitrogens is 5. The number of hydrogen-bond acceptors (Lipinski definition) is 4. The van der Waals surface area contributed by atoms with Crippen LogP contribution in [-0.2, 0) is 6.54 Å². The van der Waals surface area contributed by atoms with Crippen molar-refractivity contribution in [1.29, 1.82) is 0 Å². The van der Waals surface area contributed by atoms with Gasteiger partial charge in [-0.15, -0.1) is 6.58 Å². The summed E-state index contributed by atoms with van der Waals surface area (Å²) in [5, 5.41) is 0.468. The lowest BCUT2D eigenvalue weighted by atomic mass is 10.4. The van der Waals surface area contributed by atoms with Gasteiger partial charge in [0, 0.05) is 12.4 Å². The zero-order valence-electron chi connectivity index (χ0n) is 10.1. The summed E-state index contributed by atoms with van der Waals surface area (Å²) in [6, 6.07) is 5.50. The maximum atomic E-state index is 12.3. The molecule has 6 heteroatoms. The molecule has 0 radical (unpaired) electrons. The summed E-state index contributed by atoms with van der Waals surface area (Å²) in [6.45, 7) is 4.05. The Kier molecular flexibility index (Phi) is 2.68. The fraction of sp³-hybridized carbons (Fsp3) is 0.0769. The minimum absolute atomic E-state index is 0.152. The van der Waals surface area contributed by atoms with Gasteiger partial charge in [0.05, 0.1) is 6.54 Å². The Morgan fingerprint density at radius 1 is 1.32 bits per heavy atom. The second kappa shape index (κ2) is 4.49. The standard InChI is InChI=1S/C13H11N5O/c1-2-7-17-13(19)10-8-14-9-16-12(10)18(17)11-5-3-4-6-15-11/h2-6,8-9H,1,7H2. The first-order valence-electron chi connectivity index (χ1n) is 5.77. The van der Waals surface area contributed by atoms with Crippen LogP contribution in [-0.4, -0.2) is 24.3 Å². The molecule has 0 aromatic carbocycles. The highest BCUT2D eigenvalue weighted by Gasteiger charge is 2.15. The van der Waals surface area contributed by atoms with Crippen LogP contribution in [0.4, 0.5) is 0 Å². The van der Waals surface area contributed by atoms with Crippen LogP contribution in [0.1, 0.15) is 0 Å². The highest BCUT2D eigenvalue weighted by molar-refractivity contribution is 5.74. The number of allylic oxidation sites excluding steroid dienone is 1. The molecule has 3 aromatic heterocycles. The zero-order chi connectivity index (χ0) is 13.2. The molecule has 0 unspecified atom stereocenters. The molecule has 3 aromatic rings. The third-order valence-electron chi connectivity index (χ3n) is 2.77. The van der Waals surface area contributed by atoms with Crippen LogP contribution < -0.4 is 5.56 Å². The molecule has 0 saturated carbocycles. The first-order chi connectivity index (χ1) is 9.33. The maximum absolute atomic E-state index is 12.3. The quantitative estimate of drug-likeness (QED) is 0.657. The van der Waals surface area contributed by atoms with E-state index in [-0.39, 0.29) is 5.56 Å². The molecule has 0 bridgehead atoms. The van der Waals surface area contributed by atoms with Gasteiger partial charge in [0.1, 0.15) is 11.7 Å². The SMILES string of the molecule is C=CCn1c(=O)c2cncnc2n1-c1ccccn1. The van der Waals surface area contributed by atoms with E-state index in [1.54, 1.807) is 17.0 Å². The predicted molar refractivity (Wildman–Crippen MR) is 71.1 cm³/mol. The summed E-state index contributed by atoms with van der Waals surface area (Å²) >= 11 is 0. The molecule has 6 nitrogen and oxygen atoms in total. The second-order valence-corrected chi connectivity index (χ2v) is 3.94. The number of hydrogen-bond donors (Lipinski definition) is 0. The molecule has 0 aliphatic rings. The molecule has 0 aliphatic heterocycles. The summed E-state index contributed by atoms with van der Waals surface area (Å²) in [7, 11) is 0. The Balaban J connectivity index is 2.42. The third-order valence-corrected chi connectivity index (χ3v) is 2.77. The lowest BCUT2D eigenvalue weighted by Gasteiger charge is -2.08. The number of rotatable bonds is 3. The van der Waals surface area contributed by atoms with Gasteiger partial charge in [-0.1, -0.05) is 12.1 Å². The Labute approximate surface area is 108 Å². The third kappa shape index (κ3) is 1.74. The van der Waals surface area contributed by atoms with Crippen molar-refractivity contribution >= 4 is 11.0 Å². The van der Waals surface area contributed by atoms with Gasteiger partial charge < -0.3 is 0 Å². The van der Waals surface area contributed by atoms with E-state index >= 15 is 0 Å². The van der Waals surface area contributed by atoms with Gasteiger partial charge in [-0.2, -0.15) is 0 Å². The van der Waals surface area contributed by atoms with E-state index in [9.17, 15) is 4.79 Å². The van der Waals surface area contributed by atoms with Crippen LogP contribution in [0.15, 0.2) is 54.4 Å². The molecule has 0 amide bonds. The topological polar surface area (TPSA) is 65.6 Å². The van der Waals surface area contributed by atoms with E-state index < -0.39 is 0 Å². The highest BCUT2D eigenvalue weighted by atomic mass is 16.1. The average Bonchev–Trinajstić information content (AvgIpc) is 2.74. The lowest BCUT2D eigenvalue weighted by Crippen LogP contribution is -2.22. The van der Waals surface area contributed by atoms with E-state index in [1.807, 2.05) is 18.2 Å².